The van der Waals surface area contributed by atoms with Gasteiger partial charge in [0.15, 0.2) is 0 Å². The molecule has 0 unspecified atom stereocenters. The van der Waals surface area contributed by atoms with Gasteiger partial charge in [-0.1, -0.05) is 59.7 Å². The van der Waals surface area contributed by atoms with Crippen molar-refractivity contribution in [2.75, 3.05) is 36.0 Å². The van der Waals surface area contributed by atoms with Crippen LogP contribution >= 0.6 is 0 Å². The number of aromatic amines is 1. The first kappa shape index (κ1) is 47.2. The van der Waals surface area contributed by atoms with E-state index in [1.807, 2.05) is 35.8 Å². The summed E-state index contributed by atoms with van der Waals surface area (Å²) in [4.78, 5) is 112. The first-order chi connectivity index (χ1) is 34.2. The molecule has 2 aromatic heterocycles. The Balaban J connectivity index is 0.000000176. The highest BCUT2D eigenvalue weighted by molar-refractivity contribution is 6.22. The summed E-state index contributed by atoms with van der Waals surface area (Å²) in [6.07, 6.45) is 2.61. The van der Waals surface area contributed by atoms with Crippen molar-refractivity contribution in [2.24, 2.45) is 7.05 Å². The van der Waals surface area contributed by atoms with Crippen LogP contribution in [0.25, 0.3) is 0 Å². The second kappa shape index (κ2) is 19.2. The molecule has 0 spiro atoms. The van der Waals surface area contributed by atoms with Crippen LogP contribution in [0.5, 0.6) is 0 Å². The zero-order valence-corrected chi connectivity index (χ0v) is 39.3. The summed E-state index contributed by atoms with van der Waals surface area (Å²) in [5, 5.41) is 19.0. The van der Waals surface area contributed by atoms with Gasteiger partial charge in [-0.15, -0.1) is 0 Å². The number of amides is 4. The molecule has 10 rings (SSSR count). The summed E-state index contributed by atoms with van der Waals surface area (Å²) in [5.41, 5.74) is 3.57. The van der Waals surface area contributed by atoms with Gasteiger partial charge in [-0.05, 0) is 87.1 Å². The van der Waals surface area contributed by atoms with Gasteiger partial charge in [0.1, 0.15) is 11.6 Å². The van der Waals surface area contributed by atoms with Crippen molar-refractivity contribution in [1.82, 2.24) is 28.5 Å². The molecule has 1 N–H and O–H groups in total. The van der Waals surface area contributed by atoms with Crippen molar-refractivity contribution in [3.8, 4) is 12.1 Å². The molecule has 4 amide bonds. The molecular weight excluding hydrogens is 905 g/mol. The van der Waals surface area contributed by atoms with Gasteiger partial charge in [-0.3, -0.25) is 57.3 Å². The molecule has 4 aromatic carbocycles. The van der Waals surface area contributed by atoms with Gasteiger partial charge < -0.3 is 9.80 Å². The zero-order valence-electron chi connectivity index (χ0n) is 39.3. The fourth-order valence-electron chi connectivity index (χ4n) is 10.0. The number of rotatable bonds is 8. The summed E-state index contributed by atoms with van der Waals surface area (Å²) in [5.74, 6) is -0.451. The highest BCUT2D eigenvalue weighted by Crippen LogP contribution is 2.32. The number of benzene rings is 4. The molecule has 0 radical (unpaired) electrons. The summed E-state index contributed by atoms with van der Waals surface area (Å²) in [6.45, 7) is 5.68. The number of nitrogens with zero attached hydrogens (tertiary/aromatic N) is 9. The van der Waals surface area contributed by atoms with E-state index < -0.39 is 34.6 Å². The molecule has 2 saturated heterocycles. The quantitative estimate of drug-likeness (QED) is 0.213. The van der Waals surface area contributed by atoms with Crippen LogP contribution in [0, 0.1) is 36.5 Å². The Morgan fingerprint density at radius 2 is 1.01 bits per heavy atom. The lowest BCUT2D eigenvalue weighted by atomic mass is 10.0. The Bertz CT molecular complexity index is 3540. The summed E-state index contributed by atoms with van der Waals surface area (Å²) in [6, 6.07) is 30.7. The molecule has 2 fully saturated rings. The fourth-order valence-corrected chi connectivity index (χ4v) is 10.0. The van der Waals surface area contributed by atoms with Crippen molar-refractivity contribution in [2.45, 2.75) is 64.7 Å². The Morgan fingerprint density at radius 3 is 1.51 bits per heavy atom. The lowest BCUT2D eigenvalue weighted by Gasteiger charge is -2.38. The predicted molar refractivity (Wildman–Crippen MR) is 262 cm³/mol. The topological polar surface area (TPSA) is 228 Å². The molecule has 18 nitrogen and oxygen atoms in total. The zero-order chi connectivity index (χ0) is 50.2. The first-order valence-corrected chi connectivity index (χ1v) is 23.3. The molecule has 0 bridgehead atoms. The predicted octanol–water partition coefficient (Wildman–Crippen LogP) is 4.07. The Kier molecular flexibility index (Phi) is 12.8. The Morgan fingerprint density at radius 1 is 0.563 bits per heavy atom. The van der Waals surface area contributed by atoms with Crippen LogP contribution in [0.2, 0.25) is 0 Å². The van der Waals surface area contributed by atoms with Gasteiger partial charge >= 0.3 is 11.4 Å². The minimum atomic E-state index is -0.585. The van der Waals surface area contributed by atoms with Crippen LogP contribution in [-0.2, 0) is 20.1 Å². The molecule has 6 aromatic rings. The second-order valence-electron chi connectivity index (χ2n) is 18.2. The summed E-state index contributed by atoms with van der Waals surface area (Å²) >= 11 is 0. The Hall–Kier alpha value is -8.90. The number of nitrogens with one attached hydrogen (secondary N) is 1. The summed E-state index contributed by atoms with van der Waals surface area (Å²) in [7, 11) is 1.42. The van der Waals surface area contributed by atoms with Crippen molar-refractivity contribution in [1.29, 1.82) is 10.5 Å². The highest BCUT2D eigenvalue weighted by Gasteiger charge is 2.43. The van der Waals surface area contributed by atoms with Gasteiger partial charge in [0.2, 0.25) is 0 Å². The third kappa shape index (κ3) is 8.87. The number of aryl methyl sites for hydroxylation is 2. The van der Waals surface area contributed by atoms with E-state index in [0.717, 1.165) is 15.7 Å². The maximum atomic E-state index is 13.2. The summed E-state index contributed by atoms with van der Waals surface area (Å²) < 4.78 is 3.93. The van der Waals surface area contributed by atoms with Crippen LogP contribution in [0.15, 0.2) is 116 Å². The van der Waals surface area contributed by atoms with Crippen LogP contribution in [0.4, 0.5) is 11.6 Å². The van der Waals surface area contributed by atoms with Crippen LogP contribution in [-0.4, -0.2) is 90.4 Å². The number of aromatic nitrogens is 4. The number of carbonyl (C=O) groups excluding carboxylic acids is 4. The van der Waals surface area contributed by atoms with Crippen molar-refractivity contribution >= 4 is 35.3 Å². The number of imide groups is 2. The highest BCUT2D eigenvalue weighted by atomic mass is 16.2. The van der Waals surface area contributed by atoms with Crippen LogP contribution < -0.4 is 32.3 Å². The third-order valence-electron chi connectivity index (χ3n) is 13.6. The van der Waals surface area contributed by atoms with Crippen LogP contribution in [0.1, 0.15) is 100 Å². The number of fused-ring (bicyclic) bond motifs is 2. The van der Waals surface area contributed by atoms with Gasteiger partial charge in [-0.2, -0.15) is 10.5 Å². The molecule has 6 heterocycles. The minimum absolute atomic E-state index is 0.0993. The fraction of sp³-hybridized carbons (Fsp3) is 0.283. The van der Waals surface area contributed by atoms with Crippen molar-refractivity contribution in [3.63, 3.8) is 0 Å². The monoisotopic (exact) mass is 952 g/mol. The lowest BCUT2D eigenvalue weighted by Crippen LogP contribution is -2.52. The molecule has 2 atom stereocenters. The maximum absolute atomic E-state index is 13.2. The Labute approximate surface area is 406 Å². The number of nitriles is 2. The molecule has 0 aliphatic carbocycles. The molecular formula is C53H48N10O8. The van der Waals surface area contributed by atoms with Crippen molar-refractivity contribution in [3.05, 3.63) is 194 Å². The van der Waals surface area contributed by atoms with Gasteiger partial charge in [0.25, 0.3) is 34.7 Å². The largest absolute Gasteiger partial charge is 0.356 e. The number of anilines is 2. The van der Waals surface area contributed by atoms with Gasteiger partial charge in [-0.25, -0.2) is 9.59 Å². The van der Waals surface area contributed by atoms with E-state index in [1.54, 1.807) is 72.8 Å². The van der Waals surface area contributed by atoms with E-state index in [4.69, 9.17) is 0 Å². The van der Waals surface area contributed by atoms with E-state index in [9.17, 15) is 48.9 Å². The number of carbonyl (C=O) groups is 4. The first-order valence-electron chi connectivity index (χ1n) is 23.3. The smallest absolute Gasteiger partial charge is 0.332 e. The average molecular weight is 953 g/mol. The molecule has 18 heteroatoms. The van der Waals surface area contributed by atoms with E-state index in [2.05, 4.69) is 17.1 Å². The standard InChI is InChI=1S/C27H25N5O4.C26H23N5O4/c1-17-9-10-21-22(12-17)26(35)32(25(21)34)20-8-5-11-30(16-20)23-13-24(33)29(2)27(36)31(23)15-19-7-4-3-6-18(19)14-28;1-16-8-9-20-21(11-16)25(34)31(24(20)33)19-7-4-10-29(15-19)23-12-22(32)28-26(35)30(23)14-18-6-3-2-5-17(18)13-27/h3-4,6-7,9-10,12-13,20H,5,8,11,15-16H2,1-2H3;2-3,5-6,8-9,11-12,19H,4,7,10,14-15H2,1H3,(H,28,32,35)/t20-;19-/m11/s1. The van der Waals surface area contributed by atoms with Gasteiger partial charge in [0.05, 0.1) is 70.7 Å². The molecule has 4 aliphatic heterocycles. The van der Waals surface area contributed by atoms with E-state index in [0.29, 0.717) is 108 Å². The van der Waals surface area contributed by atoms with Gasteiger partial charge in [0, 0.05) is 45.4 Å². The number of H-pyrrole nitrogens is 1. The average Bonchev–Trinajstić information content (AvgIpc) is 3.77. The maximum Gasteiger partial charge on any atom is 0.332 e. The lowest BCUT2D eigenvalue weighted by molar-refractivity contribution is 0.0553. The second-order valence-corrected chi connectivity index (χ2v) is 18.2. The SMILES string of the molecule is Cc1ccc2c(c1)C(=O)N([C@@H]1CCCN(c3cc(=O)[nH]c(=O)n3Cc3ccccc3C#N)C1)C2=O.Cc1ccc2c(c1)C(=O)N([C@@H]1CCCN(c3cc(=O)n(C)c(=O)n3Cc3ccccc3C#N)C1)C2=O. The molecule has 0 saturated carbocycles. The minimum Gasteiger partial charge on any atom is -0.356 e. The number of hydrogen-bond donors (Lipinski definition) is 1. The normalized spacial score (nSPS) is 17.4. The van der Waals surface area contributed by atoms with Crippen LogP contribution in [0.3, 0.4) is 0 Å². The van der Waals surface area contributed by atoms with E-state index >= 15 is 0 Å². The molecule has 358 valence electrons. The number of piperidine rings is 2. The van der Waals surface area contributed by atoms with E-state index in [1.165, 1.54) is 38.1 Å². The third-order valence-corrected chi connectivity index (χ3v) is 13.6. The van der Waals surface area contributed by atoms with E-state index in [-0.39, 0.29) is 36.7 Å². The van der Waals surface area contributed by atoms with Crippen molar-refractivity contribution < 1.29 is 19.2 Å². The number of hydrogen-bond acceptors (Lipinski definition) is 12. The molecule has 71 heavy (non-hydrogen) atoms. The molecule has 4 aliphatic rings.